The molecule has 1 unspecified atom stereocenters. The van der Waals surface area contributed by atoms with E-state index in [9.17, 15) is 9.90 Å². The molecular weight excluding hydrogens is 362 g/mol. The molecule has 1 N–H and O–H groups in total. The number of pyridine rings is 1. The standard InChI is InChI=1S/C24H33N3O2/c1-19(2)21-10-8-20(9-11-21)17-27-15-6-13-24(29,23(27)28)18-26(3)16-12-22-7-4-5-14-25-22/h4-5,7-11,14,19,29H,6,12-13,15-18H2,1-3H3. The van der Waals surface area contributed by atoms with E-state index in [1.54, 1.807) is 11.1 Å². The molecule has 1 aromatic heterocycles. The molecule has 0 bridgehead atoms. The maximum atomic E-state index is 13.1. The lowest BCUT2D eigenvalue weighted by molar-refractivity contribution is -0.159. The van der Waals surface area contributed by atoms with E-state index in [1.807, 2.05) is 30.1 Å². The molecule has 0 aliphatic carbocycles. The number of amides is 1. The molecule has 1 amide bonds. The summed E-state index contributed by atoms with van der Waals surface area (Å²) in [7, 11) is 1.96. The molecule has 2 heterocycles. The first-order valence-corrected chi connectivity index (χ1v) is 10.6. The number of nitrogens with zero attached hydrogens (tertiary/aromatic N) is 3. The van der Waals surface area contributed by atoms with Gasteiger partial charge in [-0.15, -0.1) is 0 Å². The number of likely N-dealkylation sites (tertiary alicyclic amines) is 1. The van der Waals surface area contributed by atoms with E-state index in [-0.39, 0.29) is 5.91 Å². The molecule has 29 heavy (non-hydrogen) atoms. The van der Waals surface area contributed by atoms with Crippen molar-refractivity contribution in [1.29, 1.82) is 0 Å². The van der Waals surface area contributed by atoms with Crippen molar-refractivity contribution >= 4 is 5.91 Å². The van der Waals surface area contributed by atoms with E-state index in [0.717, 1.165) is 30.6 Å². The van der Waals surface area contributed by atoms with Crippen molar-refractivity contribution in [3.8, 4) is 0 Å². The highest BCUT2D eigenvalue weighted by atomic mass is 16.3. The summed E-state index contributed by atoms with van der Waals surface area (Å²) in [6, 6.07) is 14.3. The van der Waals surface area contributed by atoms with Crippen molar-refractivity contribution in [2.45, 2.75) is 51.2 Å². The Labute approximate surface area is 174 Å². The number of carbonyl (C=O) groups is 1. The topological polar surface area (TPSA) is 56.7 Å². The Bertz CT molecular complexity index is 792. The number of likely N-dealkylation sites (N-methyl/N-ethyl adjacent to an activating group) is 1. The fourth-order valence-corrected chi connectivity index (χ4v) is 3.97. The zero-order chi connectivity index (χ0) is 20.9. The molecule has 0 radical (unpaired) electrons. The molecule has 1 atom stereocenters. The van der Waals surface area contributed by atoms with Gasteiger partial charge in [-0.25, -0.2) is 0 Å². The highest BCUT2D eigenvalue weighted by Gasteiger charge is 2.42. The van der Waals surface area contributed by atoms with Crippen LogP contribution in [0.3, 0.4) is 0 Å². The molecule has 3 rings (SSSR count). The number of piperidine rings is 1. The summed E-state index contributed by atoms with van der Waals surface area (Å²) in [5.74, 6) is 0.341. The van der Waals surface area contributed by atoms with E-state index in [2.05, 4.69) is 43.1 Å². The maximum Gasteiger partial charge on any atom is 0.256 e. The fraction of sp³-hybridized carbons (Fsp3) is 0.500. The second kappa shape index (κ2) is 9.51. The molecule has 156 valence electrons. The third kappa shape index (κ3) is 5.64. The Hall–Kier alpha value is -2.24. The van der Waals surface area contributed by atoms with Crippen LogP contribution < -0.4 is 0 Å². The number of benzene rings is 1. The quantitative estimate of drug-likeness (QED) is 0.746. The Kier molecular flexibility index (Phi) is 7.04. The van der Waals surface area contributed by atoms with Crippen LogP contribution in [0.15, 0.2) is 48.7 Å². The molecule has 5 nitrogen and oxygen atoms in total. The van der Waals surface area contributed by atoms with Crippen LogP contribution >= 0.6 is 0 Å². The van der Waals surface area contributed by atoms with E-state index in [4.69, 9.17) is 0 Å². The molecule has 1 fully saturated rings. The van der Waals surface area contributed by atoms with E-state index >= 15 is 0 Å². The second-order valence-corrected chi connectivity index (χ2v) is 8.57. The molecule has 1 aromatic carbocycles. The van der Waals surface area contributed by atoms with Gasteiger partial charge in [0.1, 0.15) is 0 Å². The summed E-state index contributed by atoms with van der Waals surface area (Å²) >= 11 is 0. The van der Waals surface area contributed by atoms with Crippen molar-refractivity contribution in [2.24, 2.45) is 0 Å². The first kappa shape index (κ1) is 21.5. The zero-order valence-electron chi connectivity index (χ0n) is 17.8. The monoisotopic (exact) mass is 395 g/mol. The predicted molar refractivity (Wildman–Crippen MR) is 116 cm³/mol. The van der Waals surface area contributed by atoms with Gasteiger partial charge < -0.3 is 14.9 Å². The van der Waals surface area contributed by atoms with Crippen molar-refractivity contribution < 1.29 is 9.90 Å². The molecule has 1 aliphatic heterocycles. The minimum atomic E-state index is -1.31. The summed E-state index contributed by atoms with van der Waals surface area (Å²) in [4.78, 5) is 21.3. The van der Waals surface area contributed by atoms with Gasteiger partial charge in [0.15, 0.2) is 5.60 Å². The largest absolute Gasteiger partial charge is 0.379 e. The van der Waals surface area contributed by atoms with Crippen molar-refractivity contribution in [3.63, 3.8) is 0 Å². The number of hydrogen-bond donors (Lipinski definition) is 1. The highest BCUT2D eigenvalue weighted by Crippen LogP contribution is 2.25. The summed E-state index contributed by atoms with van der Waals surface area (Å²) in [5, 5.41) is 11.1. The smallest absolute Gasteiger partial charge is 0.256 e. The third-order valence-corrected chi connectivity index (χ3v) is 5.73. The van der Waals surface area contributed by atoms with Gasteiger partial charge in [-0.05, 0) is 49.1 Å². The average Bonchev–Trinajstić information content (AvgIpc) is 2.71. The summed E-state index contributed by atoms with van der Waals surface area (Å²) < 4.78 is 0. The van der Waals surface area contributed by atoms with E-state index < -0.39 is 5.60 Å². The van der Waals surface area contributed by atoms with E-state index in [0.29, 0.717) is 32.0 Å². The van der Waals surface area contributed by atoms with Gasteiger partial charge in [0.05, 0.1) is 0 Å². The van der Waals surface area contributed by atoms with Crippen LogP contribution in [0.25, 0.3) is 0 Å². The van der Waals surface area contributed by atoms with Crippen LogP contribution in [0.5, 0.6) is 0 Å². The van der Waals surface area contributed by atoms with Crippen LogP contribution in [0, 0.1) is 0 Å². The zero-order valence-corrected chi connectivity index (χ0v) is 17.8. The van der Waals surface area contributed by atoms with Gasteiger partial charge in [-0.1, -0.05) is 44.2 Å². The molecule has 2 aromatic rings. The minimum Gasteiger partial charge on any atom is -0.379 e. The number of rotatable bonds is 8. The van der Waals surface area contributed by atoms with Crippen molar-refractivity contribution in [3.05, 3.63) is 65.5 Å². The Morgan fingerprint density at radius 2 is 1.97 bits per heavy atom. The SMILES string of the molecule is CC(C)c1ccc(CN2CCCC(O)(CN(C)CCc3ccccn3)C2=O)cc1. The summed E-state index contributed by atoms with van der Waals surface area (Å²) in [5.41, 5.74) is 2.11. The number of hydrogen-bond acceptors (Lipinski definition) is 4. The first-order chi connectivity index (χ1) is 13.9. The minimum absolute atomic E-state index is 0.152. The van der Waals surface area contributed by atoms with Crippen LogP contribution in [0.2, 0.25) is 0 Å². The van der Waals surface area contributed by atoms with Crippen molar-refractivity contribution in [1.82, 2.24) is 14.8 Å². The number of carbonyl (C=O) groups excluding carboxylic acids is 1. The lowest BCUT2D eigenvalue weighted by Gasteiger charge is -2.40. The molecule has 1 saturated heterocycles. The van der Waals surface area contributed by atoms with Crippen molar-refractivity contribution in [2.75, 3.05) is 26.7 Å². The third-order valence-electron chi connectivity index (χ3n) is 5.73. The molecule has 0 spiro atoms. The molecule has 0 saturated carbocycles. The normalized spacial score (nSPS) is 19.9. The van der Waals surface area contributed by atoms with Gasteiger partial charge >= 0.3 is 0 Å². The molecule has 5 heteroatoms. The fourth-order valence-electron chi connectivity index (χ4n) is 3.97. The average molecular weight is 396 g/mol. The Morgan fingerprint density at radius 1 is 1.21 bits per heavy atom. The summed E-state index contributed by atoms with van der Waals surface area (Å²) in [6.07, 6.45) is 3.93. The van der Waals surface area contributed by atoms with E-state index in [1.165, 1.54) is 5.56 Å². The van der Waals surface area contributed by atoms with Gasteiger partial charge in [0, 0.05) is 44.5 Å². The second-order valence-electron chi connectivity index (χ2n) is 8.57. The number of aromatic nitrogens is 1. The van der Waals surface area contributed by atoms with Crippen LogP contribution in [-0.4, -0.2) is 58.1 Å². The van der Waals surface area contributed by atoms with Gasteiger partial charge in [-0.2, -0.15) is 0 Å². The van der Waals surface area contributed by atoms with Gasteiger partial charge in [0.2, 0.25) is 0 Å². The lowest BCUT2D eigenvalue weighted by Crippen LogP contribution is -2.58. The lowest BCUT2D eigenvalue weighted by atomic mass is 9.90. The van der Waals surface area contributed by atoms with Gasteiger partial charge in [0.25, 0.3) is 5.91 Å². The van der Waals surface area contributed by atoms with Crippen LogP contribution in [0.4, 0.5) is 0 Å². The molecule has 1 aliphatic rings. The van der Waals surface area contributed by atoms with Crippen LogP contribution in [-0.2, 0) is 17.8 Å². The van der Waals surface area contributed by atoms with Gasteiger partial charge in [-0.3, -0.25) is 9.78 Å². The summed E-state index contributed by atoms with van der Waals surface area (Å²) in [6.45, 7) is 6.70. The van der Waals surface area contributed by atoms with Crippen LogP contribution in [0.1, 0.15) is 49.4 Å². The first-order valence-electron chi connectivity index (χ1n) is 10.6. The number of aliphatic hydroxyl groups is 1. The predicted octanol–water partition coefficient (Wildman–Crippen LogP) is 3.23. The Morgan fingerprint density at radius 3 is 2.62 bits per heavy atom. The highest BCUT2D eigenvalue weighted by molar-refractivity contribution is 5.86. The Balaban J connectivity index is 1.58. The molecular formula is C24H33N3O2. The maximum absolute atomic E-state index is 13.1.